The summed E-state index contributed by atoms with van der Waals surface area (Å²) in [6.45, 7) is 4.91. The maximum absolute atomic E-state index is 12.9. The van der Waals surface area contributed by atoms with E-state index in [4.69, 9.17) is 8.85 Å². The number of rotatable bonds is 7. The van der Waals surface area contributed by atoms with E-state index >= 15 is 0 Å². The quantitative estimate of drug-likeness (QED) is 0.625. The summed E-state index contributed by atoms with van der Waals surface area (Å²) in [5.41, 5.74) is 0. The molecule has 0 saturated carbocycles. The zero-order valence-electron chi connectivity index (χ0n) is 8.73. The molecule has 0 aromatic carbocycles. The molecule has 0 bridgehead atoms. The average molecular weight is 230 g/mol. The Bertz CT molecular complexity index is 150. The van der Waals surface area contributed by atoms with Crippen LogP contribution in [0.1, 0.15) is 20.8 Å². The second-order valence-electron chi connectivity index (χ2n) is 2.92. The summed E-state index contributed by atoms with van der Waals surface area (Å²) in [6, 6.07) is -0.605. The lowest BCUT2D eigenvalue weighted by atomic mass is 10.3. The fraction of sp³-hybridized carbons (Fsp3) is 1.00. The van der Waals surface area contributed by atoms with Crippen molar-refractivity contribution in [3.8, 4) is 0 Å². The highest BCUT2D eigenvalue weighted by molar-refractivity contribution is 6.44. The second-order valence-corrected chi connectivity index (χ2v) is 4.86. The Balaban J connectivity index is 4.12. The summed E-state index contributed by atoms with van der Waals surface area (Å²) < 4.78 is 48.4. The minimum Gasteiger partial charge on any atom is -0.397 e. The molecule has 0 aliphatic carbocycles. The monoisotopic (exact) mass is 230 g/mol. The van der Waals surface area contributed by atoms with E-state index in [1.807, 2.05) is 0 Å². The Morgan fingerprint density at radius 1 is 1.21 bits per heavy atom. The normalized spacial score (nSPS) is 14.8. The molecule has 0 N–H and O–H groups in total. The molecule has 0 fully saturated rings. The van der Waals surface area contributed by atoms with Gasteiger partial charge in [0, 0.05) is 13.2 Å². The van der Waals surface area contributed by atoms with Gasteiger partial charge in [-0.05, 0) is 20.8 Å². The van der Waals surface area contributed by atoms with Gasteiger partial charge < -0.3 is 8.85 Å². The first kappa shape index (κ1) is 13.9. The molecule has 14 heavy (non-hydrogen) atoms. The molecule has 6 heteroatoms. The predicted octanol–water partition coefficient (Wildman–Crippen LogP) is 2.27. The van der Waals surface area contributed by atoms with E-state index < -0.39 is 27.4 Å². The molecule has 0 heterocycles. The summed E-state index contributed by atoms with van der Waals surface area (Å²) in [4.78, 5) is 0. The van der Waals surface area contributed by atoms with E-state index in [0.717, 1.165) is 6.92 Å². The first-order valence-corrected chi connectivity index (χ1v) is 6.45. The topological polar surface area (TPSA) is 18.5 Å². The Kier molecular flexibility index (Phi) is 6.38. The molecule has 0 spiro atoms. The molecule has 0 saturated heterocycles. The lowest BCUT2D eigenvalue weighted by molar-refractivity contribution is -0.0532. The Hall–Kier alpha value is -0.0731. The van der Waals surface area contributed by atoms with Gasteiger partial charge in [0.25, 0.3) is 5.92 Å². The predicted molar refractivity (Wildman–Crippen MR) is 50.7 cm³/mol. The summed E-state index contributed by atoms with van der Waals surface area (Å²) in [6.07, 6.45) is -2.15. The SMILES string of the molecule is CCO[SiH](CC(F)(F)C(C)F)OCC. The maximum atomic E-state index is 12.9. The van der Waals surface area contributed by atoms with Gasteiger partial charge in [-0.1, -0.05) is 0 Å². The first-order valence-electron chi connectivity index (χ1n) is 4.69. The van der Waals surface area contributed by atoms with Gasteiger partial charge >= 0.3 is 9.28 Å². The van der Waals surface area contributed by atoms with Gasteiger partial charge in [-0.25, -0.2) is 13.2 Å². The van der Waals surface area contributed by atoms with E-state index in [1.54, 1.807) is 13.8 Å². The molecule has 0 aliphatic rings. The third kappa shape index (κ3) is 4.97. The van der Waals surface area contributed by atoms with Crippen LogP contribution in [0, 0.1) is 0 Å². The standard InChI is InChI=1S/C8H17F3O2Si/c1-4-12-14(13-5-2)6-8(10,11)7(3)9/h7,14H,4-6H2,1-3H3. The third-order valence-electron chi connectivity index (χ3n) is 1.73. The van der Waals surface area contributed by atoms with Crippen LogP contribution in [0.25, 0.3) is 0 Å². The van der Waals surface area contributed by atoms with Gasteiger partial charge in [-0.15, -0.1) is 0 Å². The molecule has 0 aliphatic heterocycles. The molecule has 0 aromatic heterocycles. The zero-order chi connectivity index (χ0) is 11.2. The second kappa shape index (κ2) is 6.42. The molecular weight excluding hydrogens is 213 g/mol. The highest BCUT2D eigenvalue weighted by Gasteiger charge is 2.41. The highest BCUT2D eigenvalue weighted by atomic mass is 28.3. The lowest BCUT2D eigenvalue weighted by Crippen LogP contribution is -2.36. The largest absolute Gasteiger partial charge is 0.397 e. The minimum atomic E-state index is -3.33. The van der Waals surface area contributed by atoms with Crippen LogP contribution < -0.4 is 0 Å². The number of hydrogen-bond acceptors (Lipinski definition) is 2. The Labute approximate surface area is 84.2 Å². The summed E-state index contributed by atoms with van der Waals surface area (Å²) in [5.74, 6) is -3.33. The van der Waals surface area contributed by atoms with E-state index in [-0.39, 0.29) is 0 Å². The van der Waals surface area contributed by atoms with Crippen molar-refractivity contribution in [2.24, 2.45) is 0 Å². The Morgan fingerprint density at radius 2 is 1.64 bits per heavy atom. The van der Waals surface area contributed by atoms with Crippen LogP contribution in [-0.2, 0) is 8.85 Å². The van der Waals surface area contributed by atoms with E-state index in [0.29, 0.717) is 13.2 Å². The third-order valence-corrected chi connectivity index (χ3v) is 4.01. The molecule has 0 rings (SSSR count). The van der Waals surface area contributed by atoms with Crippen LogP contribution in [0.4, 0.5) is 13.2 Å². The van der Waals surface area contributed by atoms with Crippen LogP contribution in [0.5, 0.6) is 0 Å². The summed E-state index contributed by atoms with van der Waals surface area (Å²) in [7, 11) is -2.40. The summed E-state index contributed by atoms with van der Waals surface area (Å²) >= 11 is 0. The van der Waals surface area contributed by atoms with Crippen molar-refractivity contribution < 1.29 is 22.0 Å². The fourth-order valence-corrected chi connectivity index (χ4v) is 2.77. The van der Waals surface area contributed by atoms with Crippen molar-refractivity contribution in [3.63, 3.8) is 0 Å². The molecule has 0 radical (unpaired) electrons. The average Bonchev–Trinajstić information content (AvgIpc) is 2.04. The number of alkyl halides is 3. The Morgan fingerprint density at radius 3 is 1.93 bits per heavy atom. The molecule has 86 valence electrons. The van der Waals surface area contributed by atoms with Gasteiger partial charge in [0.05, 0.1) is 6.04 Å². The van der Waals surface area contributed by atoms with E-state index in [9.17, 15) is 13.2 Å². The van der Waals surface area contributed by atoms with Gasteiger partial charge in [0.1, 0.15) is 0 Å². The number of halogens is 3. The maximum Gasteiger partial charge on any atom is 0.327 e. The van der Waals surface area contributed by atoms with Crippen LogP contribution in [0.15, 0.2) is 0 Å². The minimum absolute atomic E-state index is 0.327. The molecule has 0 aromatic rings. The smallest absolute Gasteiger partial charge is 0.327 e. The first-order chi connectivity index (χ1) is 6.44. The molecule has 1 unspecified atom stereocenters. The van der Waals surface area contributed by atoms with Gasteiger partial charge in [-0.3, -0.25) is 0 Å². The van der Waals surface area contributed by atoms with Crippen molar-refractivity contribution in [1.29, 1.82) is 0 Å². The van der Waals surface area contributed by atoms with Crippen LogP contribution in [0.2, 0.25) is 6.04 Å². The highest BCUT2D eigenvalue weighted by Crippen LogP contribution is 2.27. The van der Waals surface area contributed by atoms with Crippen molar-refractivity contribution in [2.45, 2.75) is 38.9 Å². The van der Waals surface area contributed by atoms with Crippen molar-refractivity contribution in [2.75, 3.05) is 13.2 Å². The van der Waals surface area contributed by atoms with Gasteiger partial charge in [-0.2, -0.15) is 0 Å². The summed E-state index contributed by atoms with van der Waals surface area (Å²) in [5, 5.41) is 0. The molecule has 0 amide bonds. The van der Waals surface area contributed by atoms with Crippen molar-refractivity contribution in [1.82, 2.24) is 0 Å². The lowest BCUT2D eigenvalue weighted by Gasteiger charge is -2.22. The fourth-order valence-electron chi connectivity index (χ4n) is 0.922. The zero-order valence-corrected chi connectivity index (χ0v) is 9.88. The van der Waals surface area contributed by atoms with E-state index in [1.165, 1.54) is 0 Å². The molecule has 1 atom stereocenters. The van der Waals surface area contributed by atoms with Crippen LogP contribution in [0.3, 0.4) is 0 Å². The number of hydrogen-bond donors (Lipinski definition) is 0. The molecular formula is C8H17F3O2Si. The van der Waals surface area contributed by atoms with Gasteiger partial charge in [0.15, 0.2) is 6.17 Å². The molecule has 2 nitrogen and oxygen atoms in total. The van der Waals surface area contributed by atoms with Crippen molar-refractivity contribution in [3.05, 3.63) is 0 Å². The van der Waals surface area contributed by atoms with Crippen molar-refractivity contribution >= 4 is 9.28 Å². The van der Waals surface area contributed by atoms with Crippen LogP contribution in [-0.4, -0.2) is 34.6 Å². The van der Waals surface area contributed by atoms with E-state index in [2.05, 4.69) is 0 Å². The van der Waals surface area contributed by atoms with Gasteiger partial charge in [0.2, 0.25) is 0 Å². The van der Waals surface area contributed by atoms with Crippen LogP contribution >= 0.6 is 0 Å².